The molecule has 4 N–H and O–H groups in total. The molecule has 5 heteroatoms. The maximum atomic E-state index is 12.3. The third-order valence-electron chi connectivity index (χ3n) is 3.30. The second-order valence-corrected chi connectivity index (χ2v) is 4.65. The van der Waals surface area contributed by atoms with E-state index in [-0.39, 0.29) is 23.6 Å². The normalized spacial score (nSPS) is 28.5. The molecule has 0 aromatic rings. The minimum Gasteiger partial charge on any atom is -0.382 e. The Morgan fingerprint density at radius 2 is 2.41 bits per heavy atom. The van der Waals surface area contributed by atoms with Crippen molar-refractivity contribution in [3.05, 3.63) is 11.6 Å². The van der Waals surface area contributed by atoms with Crippen LogP contribution in [0.3, 0.4) is 0 Å². The summed E-state index contributed by atoms with van der Waals surface area (Å²) < 4.78 is 0. The molecule has 17 heavy (non-hydrogen) atoms. The summed E-state index contributed by atoms with van der Waals surface area (Å²) in [5, 5.41) is 10.6. The van der Waals surface area contributed by atoms with E-state index in [0.717, 1.165) is 25.0 Å². The molecule has 2 heterocycles. The molecule has 2 atom stereocenters. The van der Waals surface area contributed by atoms with Crippen LogP contribution in [-0.2, 0) is 4.79 Å². The van der Waals surface area contributed by atoms with Crippen LogP contribution in [0.1, 0.15) is 19.8 Å². The molecule has 2 aliphatic rings. The molecule has 0 radical (unpaired) electrons. The van der Waals surface area contributed by atoms with Gasteiger partial charge >= 0.3 is 0 Å². The SMILES string of the molecule is CC1CN=C(C(=N)N)C=C1C(=O)[C@@H]1CCCN1. The lowest BCUT2D eigenvalue weighted by Crippen LogP contribution is -2.36. The zero-order chi connectivity index (χ0) is 12.4. The highest BCUT2D eigenvalue weighted by atomic mass is 16.1. The number of aliphatic imine (C=N–C) groups is 1. The first-order valence-corrected chi connectivity index (χ1v) is 5.97. The van der Waals surface area contributed by atoms with Crippen LogP contribution in [0.25, 0.3) is 0 Å². The zero-order valence-electron chi connectivity index (χ0n) is 9.99. The number of carbonyl (C=O) groups is 1. The number of nitrogens with zero attached hydrogens (tertiary/aromatic N) is 1. The third-order valence-corrected chi connectivity index (χ3v) is 3.30. The van der Waals surface area contributed by atoms with Gasteiger partial charge in [0.05, 0.1) is 11.8 Å². The predicted molar refractivity (Wildman–Crippen MR) is 67.5 cm³/mol. The van der Waals surface area contributed by atoms with Gasteiger partial charge in [0.1, 0.15) is 5.84 Å². The van der Waals surface area contributed by atoms with E-state index in [2.05, 4.69) is 10.3 Å². The topological polar surface area (TPSA) is 91.3 Å². The van der Waals surface area contributed by atoms with Gasteiger partial charge in [0.25, 0.3) is 0 Å². The van der Waals surface area contributed by atoms with Crippen molar-refractivity contribution in [1.29, 1.82) is 5.41 Å². The van der Waals surface area contributed by atoms with Gasteiger partial charge in [-0.05, 0) is 25.5 Å². The summed E-state index contributed by atoms with van der Waals surface area (Å²) in [7, 11) is 0. The first kappa shape index (κ1) is 12.0. The molecule has 1 saturated heterocycles. The van der Waals surface area contributed by atoms with Crippen LogP contribution in [0.5, 0.6) is 0 Å². The van der Waals surface area contributed by atoms with Crippen molar-refractivity contribution in [2.75, 3.05) is 13.1 Å². The fourth-order valence-electron chi connectivity index (χ4n) is 2.26. The fraction of sp³-hybridized carbons (Fsp3) is 0.583. The van der Waals surface area contributed by atoms with Crippen molar-refractivity contribution >= 4 is 17.3 Å². The largest absolute Gasteiger partial charge is 0.382 e. The number of hydrogen-bond acceptors (Lipinski definition) is 4. The van der Waals surface area contributed by atoms with Crippen LogP contribution in [0.15, 0.2) is 16.6 Å². The van der Waals surface area contributed by atoms with Gasteiger partial charge < -0.3 is 11.1 Å². The molecule has 2 rings (SSSR count). The number of nitrogens with two attached hydrogens (primary N) is 1. The van der Waals surface area contributed by atoms with Crippen LogP contribution in [0.2, 0.25) is 0 Å². The summed E-state index contributed by atoms with van der Waals surface area (Å²) >= 11 is 0. The van der Waals surface area contributed by atoms with Gasteiger partial charge in [-0.1, -0.05) is 6.92 Å². The molecule has 0 aromatic heterocycles. The Balaban J connectivity index is 2.19. The summed E-state index contributed by atoms with van der Waals surface area (Å²) in [6.07, 6.45) is 3.62. The second-order valence-electron chi connectivity index (χ2n) is 4.65. The number of amidine groups is 1. The Morgan fingerprint density at radius 3 is 3.00 bits per heavy atom. The molecule has 1 fully saturated rings. The van der Waals surface area contributed by atoms with Gasteiger partial charge in [-0.15, -0.1) is 0 Å². The molecule has 0 bridgehead atoms. The molecule has 0 saturated carbocycles. The number of nitrogens with one attached hydrogen (secondary N) is 2. The molecular formula is C12H18N4O. The highest BCUT2D eigenvalue weighted by Crippen LogP contribution is 2.21. The van der Waals surface area contributed by atoms with Gasteiger partial charge in [-0.2, -0.15) is 0 Å². The van der Waals surface area contributed by atoms with Gasteiger partial charge in [-0.3, -0.25) is 15.2 Å². The minimum absolute atomic E-state index is 0.0602. The first-order chi connectivity index (χ1) is 8.09. The molecule has 0 aliphatic carbocycles. The number of rotatable bonds is 3. The van der Waals surface area contributed by atoms with Crippen LogP contribution in [-0.4, -0.2) is 36.5 Å². The number of dihydropyridines is 1. The van der Waals surface area contributed by atoms with Crippen LogP contribution in [0.4, 0.5) is 0 Å². The third kappa shape index (κ3) is 2.44. The van der Waals surface area contributed by atoms with E-state index in [1.807, 2.05) is 6.92 Å². The second kappa shape index (κ2) is 4.79. The van der Waals surface area contributed by atoms with E-state index in [1.54, 1.807) is 6.08 Å². The van der Waals surface area contributed by atoms with Crippen molar-refractivity contribution < 1.29 is 4.79 Å². The minimum atomic E-state index is -0.0680. The molecule has 0 aromatic carbocycles. The lowest BCUT2D eigenvalue weighted by molar-refractivity contribution is -0.117. The van der Waals surface area contributed by atoms with Crippen LogP contribution >= 0.6 is 0 Å². The van der Waals surface area contributed by atoms with E-state index in [1.165, 1.54) is 0 Å². The molecular weight excluding hydrogens is 216 g/mol. The van der Waals surface area contributed by atoms with Crippen molar-refractivity contribution in [3.63, 3.8) is 0 Å². The van der Waals surface area contributed by atoms with E-state index < -0.39 is 0 Å². The van der Waals surface area contributed by atoms with Crippen molar-refractivity contribution in [1.82, 2.24) is 5.32 Å². The van der Waals surface area contributed by atoms with E-state index >= 15 is 0 Å². The molecule has 5 nitrogen and oxygen atoms in total. The first-order valence-electron chi connectivity index (χ1n) is 5.97. The maximum Gasteiger partial charge on any atom is 0.176 e. The van der Waals surface area contributed by atoms with Crippen molar-refractivity contribution in [3.8, 4) is 0 Å². The van der Waals surface area contributed by atoms with Crippen LogP contribution in [0, 0.1) is 11.3 Å². The zero-order valence-corrected chi connectivity index (χ0v) is 9.99. The Hall–Kier alpha value is -1.49. The number of ketones is 1. The molecule has 0 spiro atoms. The number of Topliss-reactive ketones (excluding diaryl/α,β-unsaturated/α-hetero) is 1. The summed E-state index contributed by atoms with van der Waals surface area (Å²) in [5.74, 6) is 0.193. The van der Waals surface area contributed by atoms with Crippen LogP contribution < -0.4 is 11.1 Å². The highest BCUT2D eigenvalue weighted by molar-refractivity contribution is 6.45. The standard InChI is InChI=1S/C12H18N4O/c1-7-6-16-10(12(13)14)5-8(7)11(17)9-3-2-4-15-9/h5,7,9,15H,2-4,6H2,1H3,(H3,13,14)/t7?,9-/m0/s1. The molecule has 1 unspecified atom stereocenters. The summed E-state index contributed by atoms with van der Waals surface area (Å²) in [6, 6.07) is -0.0602. The number of carbonyl (C=O) groups excluding carboxylic acids is 1. The lowest BCUT2D eigenvalue weighted by atomic mass is 9.89. The smallest absolute Gasteiger partial charge is 0.176 e. The van der Waals surface area contributed by atoms with Gasteiger partial charge in [0, 0.05) is 18.0 Å². The quantitative estimate of drug-likeness (QED) is 0.483. The molecule has 92 valence electrons. The number of hydrogen-bond donors (Lipinski definition) is 3. The lowest BCUT2D eigenvalue weighted by Gasteiger charge is -2.21. The summed E-state index contributed by atoms with van der Waals surface area (Å²) in [4.78, 5) is 16.5. The van der Waals surface area contributed by atoms with Gasteiger partial charge in [0.15, 0.2) is 5.78 Å². The Morgan fingerprint density at radius 1 is 1.65 bits per heavy atom. The van der Waals surface area contributed by atoms with Gasteiger partial charge in [0.2, 0.25) is 0 Å². The van der Waals surface area contributed by atoms with Gasteiger partial charge in [-0.25, -0.2) is 0 Å². The highest BCUT2D eigenvalue weighted by Gasteiger charge is 2.29. The average Bonchev–Trinajstić information content (AvgIpc) is 2.81. The van der Waals surface area contributed by atoms with E-state index in [0.29, 0.717) is 12.3 Å². The Kier molecular flexibility index (Phi) is 3.38. The van der Waals surface area contributed by atoms with E-state index in [4.69, 9.17) is 11.1 Å². The Bertz CT molecular complexity index is 405. The summed E-state index contributed by atoms with van der Waals surface area (Å²) in [5.41, 5.74) is 6.60. The van der Waals surface area contributed by atoms with Crippen molar-refractivity contribution in [2.24, 2.45) is 16.6 Å². The summed E-state index contributed by atoms with van der Waals surface area (Å²) in [6.45, 7) is 3.43. The Labute approximate surface area is 101 Å². The predicted octanol–water partition coefficient (Wildman–Crippen LogP) is 0.261. The molecule has 0 amide bonds. The fourth-order valence-corrected chi connectivity index (χ4v) is 2.26. The van der Waals surface area contributed by atoms with Crippen molar-refractivity contribution in [2.45, 2.75) is 25.8 Å². The van der Waals surface area contributed by atoms with E-state index in [9.17, 15) is 4.79 Å². The monoisotopic (exact) mass is 234 g/mol. The maximum absolute atomic E-state index is 12.3. The average molecular weight is 234 g/mol. The molecule has 2 aliphatic heterocycles.